The summed E-state index contributed by atoms with van der Waals surface area (Å²) in [5.41, 5.74) is 1.12. The molecule has 5 heteroatoms. The number of halogens is 1. The van der Waals surface area contributed by atoms with Gasteiger partial charge in [0.15, 0.2) is 0 Å². The molecular formula is C10H10ClNO3. The van der Waals surface area contributed by atoms with Crippen molar-refractivity contribution in [3.63, 3.8) is 0 Å². The van der Waals surface area contributed by atoms with Gasteiger partial charge in [-0.25, -0.2) is 0 Å². The van der Waals surface area contributed by atoms with E-state index in [1.54, 1.807) is 18.2 Å². The number of nitrogens with one attached hydrogen (secondary N) is 1. The van der Waals surface area contributed by atoms with Gasteiger partial charge in [0.05, 0.1) is 5.56 Å². The molecule has 1 N–H and O–H groups in total. The maximum atomic E-state index is 11.6. The number of methoxy groups -OCH3 is 2. The molecule has 1 amide bonds. The van der Waals surface area contributed by atoms with Crippen LogP contribution < -0.4 is 5.32 Å². The van der Waals surface area contributed by atoms with Crippen molar-refractivity contribution in [1.82, 2.24) is 5.32 Å². The Morgan fingerprint density at radius 1 is 1.33 bits per heavy atom. The van der Waals surface area contributed by atoms with E-state index in [1.807, 2.05) is 0 Å². The molecule has 0 aromatic heterocycles. The van der Waals surface area contributed by atoms with E-state index < -0.39 is 5.91 Å². The summed E-state index contributed by atoms with van der Waals surface area (Å²) >= 11 is 5.81. The highest BCUT2D eigenvalue weighted by Gasteiger charge is 2.43. The Balaban J connectivity index is 2.60. The van der Waals surface area contributed by atoms with Gasteiger partial charge >= 0.3 is 0 Å². The number of ether oxygens (including phenoxy) is 2. The summed E-state index contributed by atoms with van der Waals surface area (Å²) < 4.78 is 10.4. The Morgan fingerprint density at radius 2 is 2.00 bits per heavy atom. The average Bonchev–Trinajstić information content (AvgIpc) is 2.52. The van der Waals surface area contributed by atoms with Gasteiger partial charge in [-0.3, -0.25) is 10.1 Å². The van der Waals surface area contributed by atoms with Crippen molar-refractivity contribution in [3.8, 4) is 0 Å². The largest absolute Gasteiger partial charge is 0.332 e. The average molecular weight is 228 g/mol. The Bertz CT molecular complexity index is 415. The maximum absolute atomic E-state index is 11.6. The molecule has 1 aliphatic heterocycles. The Morgan fingerprint density at radius 3 is 2.60 bits per heavy atom. The number of fused-ring (bicyclic) bond motifs is 1. The quantitative estimate of drug-likeness (QED) is 0.779. The van der Waals surface area contributed by atoms with Gasteiger partial charge in [0.25, 0.3) is 11.8 Å². The Kier molecular flexibility index (Phi) is 2.42. The first-order valence-electron chi connectivity index (χ1n) is 4.36. The first-order chi connectivity index (χ1) is 7.13. The molecule has 0 saturated carbocycles. The first kappa shape index (κ1) is 10.4. The number of carbonyl (C=O) groups excluding carboxylic acids is 1. The summed E-state index contributed by atoms with van der Waals surface area (Å²) in [6, 6.07) is 4.99. The molecule has 0 radical (unpaired) electrons. The minimum Gasteiger partial charge on any atom is -0.332 e. The zero-order valence-electron chi connectivity index (χ0n) is 8.33. The lowest BCUT2D eigenvalue weighted by molar-refractivity contribution is -0.225. The minimum absolute atomic E-state index is 0.254. The van der Waals surface area contributed by atoms with Crippen molar-refractivity contribution >= 4 is 17.5 Å². The number of hydrogen-bond acceptors (Lipinski definition) is 3. The molecule has 0 atom stereocenters. The van der Waals surface area contributed by atoms with Gasteiger partial charge in [-0.1, -0.05) is 11.6 Å². The van der Waals surface area contributed by atoms with Gasteiger partial charge in [-0.2, -0.15) is 0 Å². The Labute approximate surface area is 92.1 Å². The van der Waals surface area contributed by atoms with Crippen molar-refractivity contribution in [2.75, 3.05) is 14.2 Å². The number of amides is 1. The maximum Gasteiger partial charge on any atom is 0.280 e. The molecule has 0 saturated heterocycles. The van der Waals surface area contributed by atoms with E-state index in [4.69, 9.17) is 21.1 Å². The van der Waals surface area contributed by atoms with Crippen molar-refractivity contribution in [3.05, 3.63) is 34.3 Å². The molecule has 1 aromatic rings. The van der Waals surface area contributed by atoms with Crippen LogP contribution in [0.5, 0.6) is 0 Å². The minimum atomic E-state index is -1.18. The van der Waals surface area contributed by atoms with Crippen molar-refractivity contribution in [2.24, 2.45) is 0 Å². The fourth-order valence-electron chi connectivity index (χ4n) is 1.68. The summed E-state index contributed by atoms with van der Waals surface area (Å²) in [6.07, 6.45) is 0. The molecule has 0 fully saturated rings. The molecule has 1 aromatic carbocycles. The van der Waals surface area contributed by atoms with E-state index in [0.29, 0.717) is 16.1 Å². The van der Waals surface area contributed by atoms with Crippen LogP contribution in [0, 0.1) is 0 Å². The second kappa shape index (κ2) is 3.48. The summed E-state index contributed by atoms with van der Waals surface area (Å²) in [4.78, 5) is 11.6. The summed E-state index contributed by atoms with van der Waals surface area (Å²) in [5, 5.41) is 3.12. The SMILES string of the molecule is COC1(OC)NC(=O)c2cc(Cl)ccc21. The van der Waals surface area contributed by atoms with Gasteiger partial charge in [0.2, 0.25) is 0 Å². The molecule has 0 bridgehead atoms. The molecule has 80 valence electrons. The molecule has 1 aliphatic rings. The van der Waals surface area contributed by atoms with Crippen molar-refractivity contribution in [2.45, 2.75) is 5.91 Å². The first-order valence-corrected chi connectivity index (χ1v) is 4.73. The third-order valence-electron chi connectivity index (χ3n) is 2.43. The monoisotopic (exact) mass is 227 g/mol. The highest BCUT2D eigenvalue weighted by Crippen LogP contribution is 2.33. The molecule has 2 rings (SSSR count). The van der Waals surface area contributed by atoms with Gasteiger partial charge < -0.3 is 9.47 Å². The highest BCUT2D eigenvalue weighted by molar-refractivity contribution is 6.31. The third-order valence-corrected chi connectivity index (χ3v) is 2.67. The number of rotatable bonds is 2. The van der Waals surface area contributed by atoms with Crippen LogP contribution in [0.3, 0.4) is 0 Å². The zero-order chi connectivity index (χ0) is 11.1. The zero-order valence-corrected chi connectivity index (χ0v) is 9.09. The highest BCUT2D eigenvalue weighted by atomic mass is 35.5. The molecule has 15 heavy (non-hydrogen) atoms. The van der Waals surface area contributed by atoms with Gasteiger partial charge in [-0.05, 0) is 18.2 Å². The van der Waals surface area contributed by atoms with E-state index in [2.05, 4.69) is 5.32 Å². The lowest BCUT2D eigenvalue weighted by atomic mass is 10.1. The molecule has 0 aliphatic carbocycles. The van der Waals surface area contributed by atoms with Crippen LogP contribution in [-0.4, -0.2) is 20.1 Å². The number of hydrogen-bond donors (Lipinski definition) is 1. The van der Waals surface area contributed by atoms with Crippen LogP contribution in [0.25, 0.3) is 0 Å². The van der Waals surface area contributed by atoms with Crippen LogP contribution in [0.4, 0.5) is 0 Å². The number of carbonyl (C=O) groups is 1. The Hall–Kier alpha value is -1.10. The van der Waals surface area contributed by atoms with Gasteiger partial charge in [-0.15, -0.1) is 0 Å². The van der Waals surface area contributed by atoms with E-state index in [9.17, 15) is 4.79 Å². The second-order valence-electron chi connectivity index (χ2n) is 3.17. The standard InChI is InChI=1S/C10H10ClNO3/c1-14-10(15-2)8-4-3-6(11)5-7(8)9(13)12-10/h3-5H,1-2H3,(H,12,13). The number of benzene rings is 1. The third kappa shape index (κ3) is 1.42. The van der Waals surface area contributed by atoms with E-state index >= 15 is 0 Å². The van der Waals surface area contributed by atoms with Crippen LogP contribution in [0.15, 0.2) is 18.2 Å². The second-order valence-corrected chi connectivity index (χ2v) is 3.61. The summed E-state index contributed by atoms with van der Waals surface area (Å²) in [5.74, 6) is -1.44. The van der Waals surface area contributed by atoms with Crippen molar-refractivity contribution < 1.29 is 14.3 Å². The summed E-state index contributed by atoms with van der Waals surface area (Å²) in [7, 11) is 2.93. The predicted molar refractivity (Wildman–Crippen MR) is 54.6 cm³/mol. The van der Waals surface area contributed by atoms with E-state index in [-0.39, 0.29) is 5.91 Å². The smallest absolute Gasteiger partial charge is 0.280 e. The molecular weight excluding hydrogens is 218 g/mol. The fraction of sp³-hybridized carbons (Fsp3) is 0.300. The molecule has 1 heterocycles. The van der Waals surface area contributed by atoms with Crippen LogP contribution in [-0.2, 0) is 15.4 Å². The van der Waals surface area contributed by atoms with Crippen LogP contribution in [0.1, 0.15) is 15.9 Å². The van der Waals surface area contributed by atoms with Crippen molar-refractivity contribution in [1.29, 1.82) is 0 Å². The lowest BCUT2D eigenvalue weighted by Crippen LogP contribution is -2.42. The topological polar surface area (TPSA) is 47.6 Å². The van der Waals surface area contributed by atoms with Gasteiger partial charge in [0.1, 0.15) is 0 Å². The summed E-state index contributed by atoms with van der Waals surface area (Å²) in [6.45, 7) is 0. The van der Waals surface area contributed by atoms with E-state index in [1.165, 1.54) is 14.2 Å². The molecule has 0 spiro atoms. The fourth-order valence-corrected chi connectivity index (χ4v) is 1.85. The predicted octanol–water partition coefficient (Wildman–Crippen LogP) is 1.49. The van der Waals surface area contributed by atoms with Gasteiger partial charge in [0, 0.05) is 24.8 Å². The van der Waals surface area contributed by atoms with Crippen LogP contribution >= 0.6 is 11.6 Å². The van der Waals surface area contributed by atoms with Crippen LogP contribution in [0.2, 0.25) is 5.02 Å². The molecule has 0 unspecified atom stereocenters. The molecule has 4 nitrogen and oxygen atoms in total. The van der Waals surface area contributed by atoms with E-state index in [0.717, 1.165) is 0 Å². The lowest BCUT2D eigenvalue weighted by Gasteiger charge is -2.26. The normalized spacial score (nSPS) is 17.4.